The molecule has 7 heteroatoms. The van der Waals surface area contributed by atoms with Crippen molar-refractivity contribution in [2.45, 2.75) is 26.4 Å². The molecule has 1 N–H and O–H groups in total. The number of nitrogens with one attached hydrogen (secondary N) is 1. The van der Waals surface area contributed by atoms with Crippen molar-refractivity contribution < 1.29 is 0 Å². The molecular formula is C20H21Cl4N3. The SMILES string of the molecule is Cc1nn(Cc2ccc(Cl)cc2)c(Cl)c1CNCCc1ccc(Cl)cc1.Cl. The van der Waals surface area contributed by atoms with E-state index in [4.69, 9.17) is 34.8 Å². The Balaban J connectivity index is 0.00000261. The van der Waals surface area contributed by atoms with E-state index in [0.717, 1.165) is 39.8 Å². The summed E-state index contributed by atoms with van der Waals surface area (Å²) in [5.41, 5.74) is 4.35. The first kappa shape index (κ1) is 22.1. The van der Waals surface area contributed by atoms with Crippen molar-refractivity contribution in [2.75, 3.05) is 6.54 Å². The second kappa shape index (κ2) is 10.4. The predicted octanol–water partition coefficient (Wildman–Crippen LogP) is 5.95. The molecule has 3 aromatic rings. The van der Waals surface area contributed by atoms with Gasteiger partial charge in [0.05, 0.1) is 12.2 Å². The van der Waals surface area contributed by atoms with Crippen LogP contribution in [0.5, 0.6) is 0 Å². The van der Waals surface area contributed by atoms with Crippen molar-refractivity contribution in [3.8, 4) is 0 Å². The highest BCUT2D eigenvalue weighted by molar-refractivity contribution is 6.31. The average molecular weight is 445 g/mol. The second-order valence-electron chi connectivity index (χ2n) is 6.19. The zero-order valence-electron chi connectivity index (χ0n) is 14.9. The van der Waals surface area contributed by atoms with Gasteiger partial charge in [0.1, 0.15) is 5.15 Å². The normalized spacial score (nSPS) is 10.7. The minimum Gasteiger partial charge on any atom is -0.312 e. The molecule has 0 spiro atoms. The van der Waals surface area contributed by atoms with Crippen molar-refractivity contribution in [2.24, 2.45) is 0 Å². The van der Waals surface area contributed by atoms with Gasteiger partial charge in [-0.25, -0.2) is 4.68 Å². The van der Waals surface area contributed by atoms with E-state index in [0.29, 0.717) is 18.2 Å². The number of hydrogen-bond acceptors (Lipinski definition) is 2. The molecule has 0 fully saturated rings. The summed E-state index contributed by atoms with van der Waals surface area (Å²) in [5, 5.41) is 10.2. The standard InChI is InChI=1S/C20H20Cl3N3.ClH/c1-14-19(12-24-11-10-15-2-6-17(21)7-3-15)20(23)26(25-14)13-16-4-8-18(22)9-5-16;/h2-9,24H,10-13H2,1H3;1H. The maximum atomic E-state index is 6.54. The van der Waals surface area contributed by atoms with Gasteiger partial charge in [0.25, 0.3) is 0 Å². The fourth-order valence-corrected chi connectivity index (χ4v) is 3.31. The van der Waals surface area contributed by atoms with Crippen LogP contribution in [0.15, 0.2) is 48.5 Å². The van der Waals surface area contributed by atoms with Gasteiger partial charge in [-0.2, -0.15) is 5.10 Å². The molecule has 1 aromatic heterocycles. The van der Waals surface area contributed by atoms with E-state index in [9.17, 15) is 0 Å². The van der Waals surface area contributed by atoms with Crippen LogP contribution < -0.4 is 5.32 Å². The Morgan fingerprint density at radius 1 is 0.889 bits per heavy atom. The highest BCUT2D eigenvalue weighted by Crippen LogP contribution is 2.21. The Morgan fingerprint density at radius 2 is 1.44 bits per heavy atom. The first-order valence-corrected chi connectivity index (χ1v) is 9.57. The minimum absolute atomic E-state index is 0. The van der Waals surface area contributed by atoms with E-state index in [1.807, 2.05) is 60.1 Å². The Bertz CT molecular complexity index is 858. The fourth-order valence-electron chi connectivity index (χ4n) is 2.76. The Kier molecular flexibility index (Phi) is 8.46. The predicted molar refractivity (Wildman–Crippen MR) is 117 cm³/mol. The van der Waals surface area contributed by atoms with Gasteiger partial charge in [0.2, 0.25) is 0 Å². The number of aromatic nitrogens is 2. The van der Waals surface area contributed by atoms with Crippen molar-refractivity contribution in [1.29, 1.82) is 0 Å². The summed E-state index contributed by atoms with van der Waals surface area (Å²) < 4.78 is 1.83. The molecule has 0 amide bonds. The molecule has 0 aliphatic heterocycles. The maximum Gasteiger partial charge on any atom is 0.132 e. The molecule has 0 atom stereocenters. The molecule has 2 aromatic carbocycles. The van der Waals surface area contributed by atoms with Crippen LogP contribution in [0.3, 0.4) is 0 Å². The molecule has 0 saturated heterocycles. The van der Waals surface area contributed by atoms with E-state index in [-0.39, 0.29) is 12.4 Å². The first-order valence-electron chi connectivity index (χ1n) is 8.44. The number of rotatable bonds is 7. The third-order valence-electron chi connectivity index (χ3n) is 4.23. The molecular weight excluding hydrogens is 424 g/mol. The summed E-state index contributed by atoms with van der Waals surface area (Å²) in [6, 6.07) is 15.6. The van der Waals surface area contributed by atoms with Crippen molar-refractivity contribution >= 4 is 47.2 Å². The third kappa shape index (κ3) is 6.13. The average Bonchev–Trinajstić information content (AvgIpc) is 2.89. The fraction of sp³-hybridized carbons (Fsp3) is 0.250. The van der Waals surface area contributed by atoms with Crippen LogP contribution in [0.2, 0.25) is 15.2 Å². The largest absolute Gasteiger partial charge is 0.312 e. The summed E-state index contributed by atoms with van der Waals surface area (Å²) in [5.74, 6) is 0. The topological polar surface area (TPSA) is 29.9 Å². The molecule has 1 heterocycles. The van der Waals surface area contributed by atoms with Crippen molar-refractivity contribution in [3.63, 3.8) is 0 Å². The minimum atomic E-state index is 0. The lowest BCUT2D eigenvalue weighted by atomic mass is 10.1. The van der Waals surface area contributed by atoms with Gasteiger partial charge in [0.15, 0.2) is 0 Å². The van der Waals surface area contributed by atoms with Gasteiger partial charge in [-0.05, 0) is 55.3 Å². The van der Waals surface area contributed by atoms with Gasteiger partial charge < -0.3 is 5.32 Å². The number of aryl methyl sites for hydroxylation is 1. The Hall–Kier alpha value is -1.23. The molecule has 3 nitrogen and oxygen atoms in total. The lowest BCUT2D eigenvalue weighted by molar-refractivity contribution is 0.675. The van der Waals surface area contributed by atoms with Crippen molar-refractivity contribution in [1.82, 2.24) is 15.1 Å². The Morgan fingerprint density at radius 3 is 2.04 bits per heavy atom. The third-order valence-corrected chi connectivity index (χ3v) is 5.16. The zero-order valence-corrected chi connectivity index (χ0v) is 18.0. The number of benzene rings is 2. The van der Waals surface area contributed by atoms with Gasteiger partial charge >= 0.3 is 0 Å². The summed E-state index contributed by atoms with van der Waals surface area (Å²) in [4.78, 5) is 0. The van der Waals surface area contributed by atoms with E-state index in [1.54, 1.807) is 0 Å². The number of hydrogen-bond donors (Lipinski definition) is 1. The zero-order chi connectivity index (χ0) is 18.5. The molecule has 0 radical (unpaired) electrons. The smallest absolute Gasteiger partial charge is 0.132 e. The van der Waals surface area contributed by atoms with E-state index < -0.39 is 0 Å². The highest BCUT2D eigenvalue weighted by atomic mass is 35.5. The quantitative estimate of drug-likeness (QED) is 0.456. The molecule has 3 rings (SSSR count). The van der Waals surface area contributed by atoms with Gasteiger partial charge in [-0.1, -0.05) is 59.1 Å². The van der Waals surface area contributed by atoms with Crippen LogP contribution >= 0.6 is 47.2 Å². The summed E-state index contributed by atoms with van der Waals surface area (Å²) in [7, 11) is 0. The summed E-state index contributed by atoms with van der Waals surface area (Å²) in [6.45, 7) is 4.17. The first-order chi connectivity index (χ1) is 12.5. The van der Waals surface area contributed by atoms with Crippen LogP contribution in [0.25, 0.3) is 0 Å². The van der Waals surface area contributed by atoms with Crippen LogP contribution in [-0.2, 0) is 19.5 Å². The van der Waals surface area contributed by atoms with Crippen LogP contribution in [-0.4, -0.2) is 16.3 Å². The number of nitrogens with zero attached hydrogens (tertiary/aromatic N) is 2. The monoisotopic (exact) mass is 443 g/mol. The molecule has 0 bridgehead atoms. The number of halogens is 4. The summed E-state index contributed by atoms with van der Waals surface area (Å²) in [6.07, 6.45) is 0.937. The molecule has 27 heavy (non-hydrogen) atoms. The molecule has 0 saturated carbocycles. The maximum absolute atomic E-state index is 6.54. The highest BCUT2D eigenvalue weighted by Gasteiger charge is 2.13. The lowest BCUT2D eigenvalue weighted by Gasteiger charge is -2.06. The van der Waals surface area contributed by atoms with Crippen LogP contribution in [0.1, 0.15) is 22.4 Å². The van der Waals surface area contributed by atoms with E-state index >= 15 is 0 Å². The van der Waals surface area contributed by atoms with Gasteiger partial charge in [-0.15, -0.1) is 12.4 Å². The van der Waals surface area contributed by atoms with Gasteiger partial charge in [0, 0.05) is 22.2 Å². The van der Waals surface area contributed by atoms with Crippen LogP contribution in [0.4, 0.5) is 0 Å². The van der Waals surface area contributed by atoms with Crippen molar-refractivity contribution in [3.05, 3.63) is 86.1 Å². The lowest BCUT2D eigenvalue weighted by Crippen LogP contribution is -2.17. The second-order valence-corrected chi connectivity index (χ2v) is 7.42. The van der Waals surface area contributed by atoms with Crippen LogP contribution in [0, 0.1) is 6.92 Å². The van der Waals surface area contributed by atoms with E-state index in [1.165, 1.54) is 5.56 Å². The Labute approximate surface area is 181 Å². The molecule has 0 unspecified atom stereocenters. The molecule has 144 valence electrons. The van der Waals surface area contributed by atoms with Gasteiger partial charge in [-0.3, -0.25) is 0 Å². The van der Waals surface area contributed by atoms with E-state index in [2.05, 4.69) is 10.4 Å². The molecule has 0 aliphatic carbocycles. The molecule has 0 aliphatic rings. The summed E-state index contributed by atoms with van der Waals surface area (Å²) >= 11 is 18.4.